The number of nitrogens with one attached hydrogen (secondary N) is 1. The Balaban J connectivity index is 3.63. The van der Waals surface area contributed by atoms with E-state index in [0.29, 0.717) is 19.3 Å². The van der Waals surface area contributed by atoms with Crippen molar-refractivity contribution in [3.8, 4) is 0 Å². The molecule has 0 rings (SSSR count). The normalized spacial score (nSPS) is 13.8. The van der Waals surface area contributed by atoms with Gasteiger partial charge in [0.1, 0.15) is 12.2 Å². The molecule has 432 valence electrons. The Kier molecular flexibility index (Phi) is 60.1. The van der Waals surface area contributed by atoms with E-state index >= 15 is 0 Å². The third-order valence-electron chi connectivity index (χ3n) is 15.6. The SMILES string of the molecule is CCCCCCCCCCCCCCCCCCCC/C=C/CC/C=C/CC/C=C/CCCC(O)C(O)C(CO)NC(=O)C(O)CCCCCCCCCCCCCCCCCCCCCCCCCCCC. The molecule has 0 aromatic rings. The Hall–Kier alpha value is -1.47. The maximum Gasteiger partial charge on any atom is 0.249 e. The van der Waals surface area contributed by atoms with Crippen LogP contribution in [0.5, 0.6) is 0 Å². The molecule has 0 bridgehead atoms. The van der Waals surface area contributed by atoms with Crippen LogP contribution in [0.2, 0.25) is 0 Å². The molecule has 1 amide bonds. The van der Waals surface area contributed by atoms with Crippen LogP contribution in [0.25, 0.3) is 0 Å². The number of aliphatic hydroxyl groups excluding tert-OH is 4. The van der Waals surface area contributed by atoms with Crippen LogP contribution in [-0.4, -0.2) is 57.3 Å². The second-order valence-electron chi connectivity index (χ2n) is 22.8. The summed E-state index contributed by atoms with van der Waals surface area (Å²) in [6.45, 7) is 4.09. The molecule has 0 saturated heterocycles. The zero-order valence-electron chi connectivity index (χ0n) is 49.2. The lowest BCUT2D eigenvalue weighted by molar-refractivity contribution is -0.132. The van der Waals surface area contributed by atoms with Gasteiger partial charge >= 0.3 is 0 Å². The number of carbonyl (C=O) groups is 1. The molecule has 0 fully saturated rings. The average Bonchev–Trinajstić information content (AvgIpc) is 3.40. The summed E-state index contributed by atoms with van der Waals surface area (Å²) in [5.74, 6) is -0.593. The highest BCUT2D eigenvalue weighted by molar-refractivity contribution is 5.80. The van der Waals surface area contributed by atoms with E-state index in [1.807, 2.05) is 0 Å². The van der Waals surface area contributed by atoms with E-state index in [0.717, 1.165) is 51.4 Å². The van der Waals surface area contributed by atoms with Gasteiger partial charge in [-0.1, -0.05) is 326 Å². The second-order valence-corrected chi connectivity index (χ2v) is 22.8. The molecule has 0 saturated carbocycles. The number of hydrogen-bond donors (Lipinski definition) is 5. The van der Waals surface area contributed by atoms with Crippen molar-refractivity contribution in [2.45, 2.75) is 379 Å². The van der Waals surface area contributed by atoms with Gasteiger partial charge in [-0.15, -0.1) is 0 Å². The predicted octanol–water partition coefficient (Wildman–Crippen LogP) is 19.9. The van der Waals surface area contributed by atoms with Gasteiger partial charge in [0.25, 0.3) is 0 Å². The molecule has 0 aliphatic heterocycles. The highest BCUT2D eigenvalue weighted by Crippen LogP contribution is 2.19. The number of amides is 1. The minimum absolute atomic E-state index is 0.362. The second kappa shape index (κ2) is 61.4. The molecule has 0 spiro atoms. The standard InChI is InChI=1S/C67H129NO5/c1-3-5-7-9-11-13-15-17-19-21-23-25-27-29-31-32-33-34-35-37-38-40-42-44-46-48-50-52-54-56-58-60-64(70)66(72)63(62-69)68-67(73)65(71)61-59-57-55-53-51-49-47-45-43-41-39-36-30-28-26-24-22-20-18-16-14-12-10-8-6-4-2/h37-38,44,46,52,54,63-66,69-72H,3-36,39-43,45,47-51,53,55-62H2,1-2H3,(H,68,73)/b38-37+,46-44+,54-52+. The first-order chi connectivity index (χ1) is 36.0. The van der Waals surface area contributed by atoms with Gasteiger partial charge in [-0.05, 0) is 64.2 Å². The van der Waals surface area contributed by atoms with E-state index in [2.05, 4.69) is 55.6 Å². The van der Waals surface area contributed by atoms with Crippen LogP contribution >= 0.6 is 0 Å². The van der Waals surface area contributed by atoms with E-state index in [4.69, 9.17) is 0 Å². The first kappa shape index (κ1) is 71.5. The number of rotatable bonds is 61. The Morgan fingerprint density at radius 1 is 0.329 bits per heavy atom. The topological polar surface area (TPSA) is 110 Å². The summed E-state index contributed by atoms with van der Waals surface area (Å²) in [5.41, 5.74) is 0. The molecule has 6 heteroatoms. The van der Waals surface area contributed by atoms with Gasteiger partial charge in [0, 0.05) is 0 Å². The number of unbranched alkanes of at least 4 members (excludes halogenated alkanes) is 46. The van der Waals surface area contributed by atoms with Gasteiger partial charge in [0.2, 0.25) is 5.91 Å². The number of hydrogen-bond acceptors (Lipinski definition) is 5. The quantitative estimate of drug-likeness (QED) is 0.0308. The van der Waals surface area contributed by atoms with Gasteiger partial charge in [-0.25, -0.2) is 0 Å². The molecule has 73 heavy (non-hydrogen) atoms. The van der Waals surface area contributed by atoms with E-state index in [1.54, 1.807) is 0 Å². The first-order valence-corrected chi connectivity index (χ1v) is 32.9. The summed E-state index contributed by atoms with van der Waals surface area (Å²) in [4.78, 5) is 12.6. The molecule has 0 aromatic heterocycles. The molecule has 0 aromatic carbocycles. The van der Waals surface area contributed by atoms with Crippen LogP contribution in [0.3, 0.4) is 0 Å². The summed E-state index contributed by atoms with van der Waals surface area (Å²) in [6.07, 6.45) is 78.3. The summed E-state index contributed by atoms with van der Waals surface area (Å²) < 4.78 is 0. The van der Waals surface area contributed by atoms with Crippen LogP contribution < -0.4 is 5.32 Å². The number of carbonyl (C=O) groups excluding carboxylic acids is 1. The van der Waals surface area contributed by atoms with Crippen LogP contribution in [0.1, 0.15) is 354 Å². The van der Waals surface area contributed by atoms with Gasteiger partial charge in [-0.2, -0.15) is 0 Å². The van der Waals surface area contributed by atoms with E-state index in [-0.39, 0.29) is 0 Å². The fourth-order valence-corrected chi connectivity index (χ4v) is 10.4. The molecule has 6 nitrogen and oxygen atoms in total. The van der Waals surface area contributed by atoms with Crippen LogP contribution in [0.4, 0.5) is 0 Å². The Bertz CT molecular complexity index is 1150. The predicted molar refractivity (Wildman–Crippen MR) is 321 cm³/mol. The summed E-state index contributed by atoms with van der Waals surface area (Å²) >= 11 is 0. The summed E-state index contributed by atoms with van der Waals surface area (Å²) in [6, 6.07) is -1.01. The minimum Gasteiger partial charge on any atom is -0.394 e. The van der Waals surface area contributed by atoms with Gasteiger partial charge in [-0.3, -0.25) is 4.79 Å². The van der Waals surface area contributed by atoms with Gasteiger partial charge in [0.05, 0.1) is 18.8 Å². The fourth-order valence-electron chi connectivity index (χ4n) is 10.4. The smallest absolute Gasteiger partial charge is 0.249 e. The zero-order valence-corrected chi connectivity index (χ0v) is 49.2. The van der Waals surface area contributed by atoms with Crippen LogP contribution in [0.15, 0.2) is 36.5 Å². The van der Waals surface area contributed by atoms with Crippen molar-refractivity contribution in [3.05, 3.63) is 36.5 Å². The number of allylic oxidation sites excluding steroid dienone is 6. The van der Waals surface area contributed by atoms with Crippen molar-refractivity contribution in [2.75, 3.05) is 6.61 Å². The molecule has 0 heterocycles. The summed E-state index contributed by atoms with van der Waals surface area (Å²) in [7, 11) is 0. The lowest BCUT2D eigenvalue weighted by atomic mass is 10.00. The van der Waals surface area contributed by atoms with Crippen LogP contribution in [0, 0.1) is 0 Å². The molecule has 0 aliphatic carbocycles. The Morgan fingerprint density at radius 2 is 0.575 bits per heavy atom. The van der Waals surface area contributed by atoms with Crippen molar-refractivity contribution in [2.24, 2.45) is 0 Å². The molecule has 0 aliphatic rings. The van der Waals surface area contributed by atoms with E-state index in [1.165, 1.54) is 270 Å². The van der Waals surface area contributed by atoms with Gasteiger partial charge < -0.3 is 25.7 Å². The largest absolute Gasteiger partial charge is 0.394 e. The van der Waals surface area contributed by atoms with Crippen molar-refractivity contribution in [3.63, 3.8) is 0 Å². The minimum atomic E-state index is -1.29. The first-order valence-electron chi connectivity index (χ1n) is 32.9. The molecular weight excluding hydrogens is 899 g/mol. The average molecular weight is 1030 g/mol. The maximum absolute atomic E-state index is 12.6. The fraction of sp³-hybridized carbons (Fsp3) is 0.896. The molecular formula is C67H129NO5. The molecule has 0 radical (unpaired) electrons. The highest BCUT2D eigenvalue weighted by Gasteiger charge is 2.28. The zero-order chi connectivity index (χ0) is 53.0. The Labute approximate surface area is 456 Å². The molecule has 4 atom stereocenters. The van der Waals surface area contributed by atoms with Crippen molar-refractivity contribution < 1.29 is 25.2 Å². The van der Waals surface area contributed by atoms with Crippen molar-refractivity contribution >= 4 is 5.91 Å². The molecule has 5 N–H and O–H groups in total. The monoisotopic (exact) mass is 1030 g/mol. The van der Waals surface area contributed by atoms with E-state index in [9.17, 15) is 25.2 Å². The molecule has 4 unspecified atom stereocenters. The van der Waals surface area contributed by atoms with Crippen LogP contribution in [-0.2, 0) is 4.79 Å². The van der Waals surface area contributed by atoms with Gasteiger partial charge in [0.15, 0.2) is 0 Å². The maximum atomic E-state index is 12.6. The van der Waals surface area contributed by atoms with E-state index < -0.39 is 36.9 Å². The number of aliphatic hydroxyl groups is 4. The highest BCUT2D eigenvalue weighted by atomic mass is 16.3. The van der Waals surface area contributed by atoms with Crippen molar-refractivity contribution in [1.82, 2.24) is 5.32 Å². The van der Waals surface area contributed by atoms with Crippen molar-refractivity contribution in [1.29, 1.82) is 0 Å². The lowest BCUT2D eigenvalue weighted by Gasteiger charge is -2.27. The lowest BCUT2D eigenvalue weighted by Crippen LogP contribution is -2.53. The third-order valence-corrected chi connectivity index (χ3v) is 15.6. The third kappa shape index (κ3) is 55.1. The Morgan fingerprint density at radius 3 is 0.863 bits per heavy atom. The summed E-state index contributed by atoms with van der Waals surface area (Å²) in [5, 5.41) is 44.1.